The highest BCUT2D eigenvalue weighted by atomic mass is 16.5. The molecule has 0 spiro atoms. The Bertz CT molecular complexity index is 885. The van der Waals surface area contributed by atoms with Gasteiger partial charge < -0.3 is 9.64 Å². The van der Waals surface area contributed by atoms with Gasteiger partial charge in [0, 0.05) is 24.2 Å². The van der Waals surface area contributed by atoms with Crippen molar-refractivity contribution >= 4 is 16.8 Å². The molecule has 25 heavy (non-hydrogen) atoms. The summed E-state index contributed by atoms with van der Waals surface area (Å²) in [6.45, 7) is 1.26. The van der Waals surface area contributed by atoms with Crippen LogP contribution in [0.1, 0.15) is 23.3 Å². The summed E-state index contributed by atoms with van der Waals surface area (Å²) in [6.07, 6.45) is 4.84. The van der Waals surface area contributed by atoms with Crippen LogP contribution in [-0.2, 0) is 0 Å². The Hall–Kier alpha value is -3.02. The first-order valence-electron chi connectivity index (χ1n) is 8.37. The van der Waals surface area contributed by atoms with Crippen molar-refractivity contribution in [3.8, 4) is 5.88 Å². The first-order valence-corrected chi connectivity index (χ1v) is 8.37. The van der Waals surface area contributed by atoms with Gasteiger partial charge >= 0.3 is 0 Å². The number of pyridine rings is 1. The zero-order valence-electron chi connectivity index (χ0n) is 13.7. The van der Waals surface area contributed by atoms with Crippen molar-refractivity contribution in [2.75, 3.05) is 13.1 Å². The van der Waals surface area contributed by atoms with Gasteiger partial charge in [0.25, 0.3) is 5.91 Å². The Balaban J connectivity index is 1.49. The average Bonchev–Trinajstić information content (AvgIpc) is 2.68. The van der Waals surface area contributed by atoms with Gasteiger partial charge in [0.2, 0.25) is 5.88 Å². The number of para-hydroxylation sites is 1. The number of nitrogens with zero attached hydrogens (tertiary/aromatic N) is 4. The molecule has 1 aliphatic rings. The molecule has 3 aromatic rings. The van der Waals surface area contributed by atoms with Crippen LogP contribution in [0.3, 0.4) is 0 Å². The minimum atomic E-state index is -0.0620. The van der Waals surface area contributed by atoms with Gasteiger partial charge in [0.1, 0.15) is 18.1 Å². The lowest BCUT2D eigenvalue weighted by atomic mass is 10.1. The number of hydrogen-bond donors (Lipinski definition) is 0. The number of carbonyl (C=O) groups is 1. The summed E-state index contributed by atoms with van der Waals surface area (Å²) in [5.74, 6) is 0.486. The van der Waals surface area contributed by atoms with Crippen molar-refractivity contribution in [2.24, 2.45) is 0 Å². The molecule has 0 radical (unpaired) electrons. The second kappa shape index (κ2) is 6.84. The van der Waals surface area contributed by atoms with Gasteiger partial charge in [-0.3, -0.25) is 4.79 Å². The van der Waals surface area contributed by atoms with Crippen LogP contribution in [0.25, 0.3) is 10.9 Å². The van der Waals surface area contributed by atoms with Crippen LogP contribution >= 0.6 is 0 Å². The second-order valence-electron chi connectivity index (χ2n) is 6.07. The molecule has 6 nitrogen and oxygen atoms in total. The third kappa shape index (κ3) is 3.42. The normalized spacial score (nSPS) is 17.4. The number of benzene rings is 1. The molecule has 1 amide bonds. The van der Waals surface area contributed by atoms with Gasteiger partial charge in [-0.25, -0.2) is 15.0 Å². The predicted molar refractivity (Wildman–Crippen MR) is 93.3 cm³/mol. The molecule has 1 saturated heterocycles. The lowest BCUT2D eigenvalue weighted by Gasteiger charge is -2.32. The van der Waals surface area contributed by atoms with Crippen molar-refractivity contribution in [3.05, 3.63) is 60.7 Å². The Morgan fingerprint density at radius 3 is 2.96 bits per heavy atom. The summed E-state index contributed by atoms with van der Waals surface area (Å²) < 4.78 is 5.88. The number of carbonyl (C=O) groups excluding carboxylic acids is 1. The number of hydrogen-bond acceptors (Lipinski definition) is 5. The van der Waals surface area contributed by atoms with E-state index in [0.29, 0.717) is 18.1 Å². The average molecular weight is 334 g/mol. The highest BCUT2D eigenvalue weighted by Crippen LogP contribution is 2.19. The van der Waals surface area contributed by atoms with Crippen molar-refractivity contribution in [2.45, 2.75) is 18.9 Å². The summed E-state index contributed by atoms with van der Waals surface area (Å²) in [6, 6.07) is 13.3. The summed E-state index contributed by atoms with van der Waals surface area (Å²) in [5, 5.41) is 1.03. The van der Waals surface area contributed by atoms with E-state index in [-0.39, 0.29) is 12.0 Å². The number of rotatable bonds is 3. The Morgan fingerprint density at radius 1 is 1.16 bits per heavy atom. The van der Waals surface area contributed by atoms with Gasteiger partial charge in [-0.15, -0.1) is 0 Å². The first-order chi connectivity index (χ1) is 12.3. The fraction of sp³-hybridized carbons (Fsp3) is 0.263. The fourth-order valence-electron chi connectivity index (χ4n) is 3.09. The standard InChI is InChI=1S/C19H18N4O2/c24-19(17-8-7-14-4-1-2-6-16(14)22-17)23-11-3-5-15(12-23)25-18-9-10-20-13-21-18/h1-2,4,6-10,13,15H,3,5,11-12H2. The maximum absolute atomic E-state index is 12.8. The van der Waals surface area contributed by atoms with E-state index in [9.17, 15) is 4.79 Å². The molecule has 126 valence electrons. The van der Waals surface area contributed by atoms with E-state index >= 15 is 0 Å². The summed E-state index contributed by atoms with van der Waals surface area (Å²) >= 11 is 0. The Kier molecular flexibility index (Phi) is 4.24. The summed E-state index contributed by atoms with van der Waals surface area (Å²) in [5.41, 5.74) is 1.31. The second-order valence-corrected chi connectivity index (χ2v) is 6.07. The molecule has 3 heterocycles. The minimum Gasteiger partial charge on any atom is -0.472 e. The molecule has 0 bridgehead atoms. The number of ether oxygens (including phenoxy) is 1. The van der Waals surface area contributed by atoms with Crippen LogP contribution in [0.2, 0.25) is 0 Å². The summed E-state index contributed by atoms with van der Waals surface area (Å²) in [4.78, 5) is 27.1. The molecule has 0 aliphatic carbocycles. The molecule has 1 atom stereocenters. The molecule has 6 heteroatoms. The van der Waals surface area contributed by atoms with E-state index in [2.05, 4.69) is 15.0 Å². The van der Waals surface area contributed by atoms with E-state index in [1.54, 1.807) is 18.3 Å². The largest absolute Gasteiger partial charge is 0.472 e. The maximum Gasteiger partial charge on any atom is 0.272 e. The maximum atomic E-state index is 12.8. The summed E-state index contributed by atoms with van der Waals surface area (Å²) in [7, 11) is 0. The van der Waals surface area contributed by atoms with E-state index in [1.807, 2.05) is 35.2 Å². The highest BCUT2D eigenvalue weighted by Gasteiger charge is 2.26. The number of likely N-dealkylation sites (tertiary alicyclic amines) is 1. The molecule has 1 aliphatic heterocycles. The van der Waals surface area contributed by atoms with Crippen LogP contribution in [0, 0.1) is 0 Å². The van der Waals surface area contributed by atoms with E-state index in [4.69, 9.17) is 4.74 Å². The molecule has 0 N–H and O–H groups in total. The number of aromatic nitrogens is 3. The van der Waals surface area contributed by atoms with Crippen LogP contribution in [0.15, 0.2) is 55.0 Å². The molecule has 0 saturated carbocycles. The predicted octanol–water partition coefficient (Wildman–Crippen LogP) is 2.71. The van der Waals surface area contributed by atoms with Gasteiger partial charge in [-0.05, 0) is 25.0 Å². The third-order valence-corrected chi connectivity index (χ3v) is 4.33. The van der Waals surface area contributed by atoms with E-state index in [0.717, 1.165) is 30.3 Å². The molecule has 2 aromatic heterocycles. The minimum absolute atomic E-state index is 0.0539. The molecule has 1 unspecified atom stereocenters. The molecule has 1 fully saturated rings. The van der Waals surface area contributed by atoms with E-state index in [1.165, 1.54) is 6.33 Å². The Labute approximate surface area is 145 Å². The zero-order chi connectivity index (χ0) is 17.1. The van der Waals surface area contributed by atoms with Crippen molar-refractivity contribution < 1.29 is 9.53 Å². The number of piperidine rings is 1. The smallest absolute Gasteiger partial charge is 0.272 e. The van der Waals surface area contributed by atoms with Crippen LogP contribution in [0.4, 0.5) is 0 Å². The lowest BCUT2D eigenvalue weighted by molar-refractivity contribution is 0.0522. The fourth-order valence-corrected chi connectivity index (χ4v) is 3.09. The number of fused-ring (bicyclic) bond motifs is 1. The Morgan fingerprint density at radius 2 is 2.08 bits per heavy atom. The van der Waals surface area contributed by atoms with Crippen molar-refractivity contribution in [3.63, 3.8) is 0 Å². The monoisotopic (exact) mass is 334 g/mol. The van der Waals surface area contributed by atoms with Gasteiger partial charge in [0.05, 0.1) is 12.1 Å². The first kappa shape index (κ1) is 15.5. The van der Waals surface area contributed by atoms with Gasteiger partial charge in [0.15, 0.2) is 0 Å². The molecular formula is C19H18N4O2. The van der Waals surface area contributed by atoms with Crippen LogP contribution in [-0.4, -0.2) is 45.0 Å². The highest BCUT2D eigenvalue weighted by molar-refractivity contribution is 5.95. The van der Waals surface area contributed by atoms with Crippen molar-refractivity contribution in [1.82, 2.24) is 19.9 Å². The van der Waals surface area contributed by atoms with Crippen LogP contribution in [0.5, 0.6) is 5.88 Å². The van der Waals surface area contributed by atoms with Gasteiger partial charge in [-0.2, -0.15) is 0 Å². The topological polar surface area (TPSA) is 68.2 Å². The van der Waals surface area contributed by atoms with Crippen LogP contribution < -0.4 is 4.74 Å². The molecular weight excluding hydrogens is 316 g/mol. The van der Waals surface area contributed by atoms with Crippen molar-refractivity contribution in [1.29, 1.82) is 0 Å². The molecule has 4 rings (SSSR count). The zero-order valence-corrected chi connectivity index (χ0v) is 13.7. The quantitative estimate of drug-likeness (QED) is 0.737. The SMILES string of the molecule is O=C(c1ccc2ccccc2n1)N1CCCC(Oc2ccncn2)C1. The lowest BCUT2D eigenvalue weighted by Crippen LogP contribution is -2.44. The molecule has 1 aromatic carbocycles. The number of amides is 1. The third-order valence-electron chi connectivity index (χ3n) is 4.33. The van der Waals surface area contributed by atoms with Gasteiger partial charge in [-0.1, -0.05) is 24.3 Å². The van der Waals surface area contributed by atoms with E-state index < -0.39 is 0 Å².